The number of rotatable bonds is 9. The van der Waals surface area contributed by atoms with Gasteiger partial charge in [0.1, 0.15) is 22.5 Å². The summed E-state index contributed by atoms with van der Waals surface area (Å²) >= 11 is 0. The number of nitrogens with zero attached hydrogens (tertiary/aromatic N) is 1. The Balaban J connectivity index is 1.40. The zero-order chi connectivity index (χ0) is 30.5. The molecular weight excluding hydrogens is 554 g/mol. The van der Waals surface area contributed by atoms with Gasteiger partial charge in [-0.1, -0.05) is 19.1 Å². The molecule has 6 aliphatic rings. The molecule has 238 valence electrons. The molecule has 10 nitrogen and oxygen atoms in total. The molecule has 7 rings (SSSR count). The molecule has 0 radical (unpaired) electrons. The number of likely N-dealkylation sites (N-methyl/N-ethyl adjacent to an activating group) is 1. The van der Waals surface area contributed by atoms with E-state index >= 15 is 0 Å². The fourth-order valence-corrected chi connectivity index (χ4v) is 12.1. The Morgan fingerprint density at radius 2 is 1.81 bits per heavy atom. The van der Waals surface area contributed by atoms with Crippen LogP contribution in [0.4, 0.5) is 0 Å². The molecule has 43 heavy (non-hydrogen) atoms. The standard InChI is InChI=1S/C33H47NO9/c1-7-34-16-30(17-43-28(35)18-10-8-9-11-21(18)38-2)13-12-23(40-4)32-20-14-19-22(39-3)15-31(36,24(20)25(19)41-5)33(37,29(32)34)27(42-6)26(30)32/h8-11,19-20,22-27,29,36-37H,7,12-17H2,1-6H3/t19-,20-,22+,23+,24-,25+,26-,27+,29?,30+,31-,32+,33-/m1/s1. The number of piperidine rings is 1. The average Bonchev–Trinajstić information content (AvgIpc) is 3.44. The number of methoxy groups -OCH3 is 5. The Morgan fingerprint density at radius 1 is 1.05 bits per heavy atom. The fraction of sp³-hybridized carbons (Fsp3) is 0.788. The van der Waals surface area contributed by atoms with E-state index in [1.165, 1.54) is 0 Å². The third kappa shape index (κ3) is 3.36. The van der Waals surface area contributed by atoms with Crippen LogP contribution in [-0.4, -0.2) is 118 Å². The molecule has 1 aliphatic heterocycles. The number of carbonyl (C=O) groups is 1. The van der Waals surface area contributed by atoms with Crippen molar-refractivity contribution in [3.63, 3.8) is 0 Å². The van der Waals surface area contributed by atoms with Crippen molar-refractivity contribution in [3.8, 4) is 5.75 Å². The van der Waals surface area contributed by atoms with Gasteiger partial charge in [-0.15, -0.1) is 0 Å². The van der Waals surface area contributed by atoms with Gasteiger partial charge >= 0.3 is 5.97 Å². The zero-order valence-corrected chi connectivity index (χ0v) is 26.2. The Bertz CT molecular complexity index is 1260. The molecule has 2 N–H and O–H groups in total. The minimum Gasteiger partial charge on any atom is -0.496 e. The van der Waals surface area contributed by atoms with Gasteiger partial charge in [0.15, 0.2) is 0 Å². The van der Waals surface area contributed by atoms with Crippen LogP contribution in [0.1, 0.15) is 43.0 Å². The van der Waals surface area contributed by atoms with Gasteiger partial charge in [-0.2, -0.15) is 0 Å². The van der Waals surface area contributed by atoms with Gasteiger partial charge < -0.3 is 38.6 Å². The van der Waals surface area contributed by atoms with Crippen LogP contribution in [0.5, 0.6) is 5.75 Å². The maximum absolute atomic E-state index is 13.5. The molecule has 0 aromatic heterocycles. The van der Waals surface area contributed by atoms with Gasteiger partial charge in [-0.25, -0.2) is 4.79 Å². The first-order valence-corrected chi connectivity index (χ1v) is 15.8. The van der Waals surface area contributed by atoms with Gasteiger partial charge in [-0.3, -0.25) is 4.90 Å². The second-order valence-corrected chi connectivity index (χ2v) is 14.0. The van der Waals surface area contributed by atoms with Crippen LogP contribution < -0.4 is 4.74 Å². The van der Waals surface area contributed by atoms with E-state index in [1.54, 1.807) is 53.7 Å². The van der Waals surface area contributed by atoms with E-state index in [9.17, 15) is 15.0 Å². The topological polar surface area (TPSA) is 116 Å². The lowest BCUT2D eigenvalue weighted by Gasteiger charge is -2.70. The highest BCUT2D eigenvalue weighted by Crippen LogP contribution is 2.80. The summed E-state index contributed by atoms with van der Waals surface area (Å²) in [7, 11) is 8.35. The van der Waals surface area contributed by atoms with Crippen molar-refractivity contribution in [1.29, 1.82) is 0 Å². The molecule has 7 bridgehead atoms. The van der Waals surface area contributed by atoms with Crippen LogP contribution in [-0.2, 0) is 23.7 Å². The molecule has 10 heteroatoms. The van der Waals surface area contributed by atoms with Crippen molar-refractivity contribution in [2.24, 2.45) is 34.5 Å². The summed E-state index contributed by atoms with van der Waals surface area (Å²) in [4.78, 5) is 15.9. The highest BCUT2D eigenvalue weighted by atomic mass is 16.5. The van der Waals surface area contributed by atoms with Crippen molar-refractivity contribution < 1.29 is 43.4 Å². The molecule has 1 heterocycles. The number of para-hydroxylation sites is 1. The second kappa shape index (κ2) is 10.1. The zero-order valence-electron chi connectivity index (χ0n) is 26.2. The molecule has 5 aliphatic carbocycles. The summed E-state index contributed by atoms with van der Waals surface area (Å²) < 4.78 is 36.7. The minimum absolute atomic E-state index is 0.00748. The van der Waals surface area contributed by atoms with Crippen molar-refractivity contribution in [3.05, 3.63) is 29.8 Å². The van der Waals surface area contributed by atoms with E-state index in [1.807, 2.05) is 6.07 Å². The third-order valence-electron chi connectivity index (χ3n) is 13.1. The maximum Gasteiger partial charge on any atom is 0.341 e. The van der Waals surface area contributed by atoms with Gasteiger partial charge in [0.05, 0.1) is 44.2 Å². The quantitative estimate of drug-likeness (QED) is 0.408. The van der Waals surface area contributed by atoms with E-state index in [2.05, 4.69) is 11.8 Å². The largest absolute Gasteiger partial charge is 0.496 e. The van der Waals surface area contributed by atoms with Crippen molar-refractivity contribution in [1.82, 2.24) is 4.90 Å². The molecule has 1 aromatic rings. The van der Waals surface area contributed by atoms with Gasteiger partial charge in [0.2, 0.25) is 0 Å². The fourth-order valence-electron chi connectivity index (χ4n) is 12.1. The summed E-state index contributed by atoms with van der Waals surface area (Å²) in [6, 6.07) is 6.69. The molecule has 5 saturated carbocycles. The summed E-state index contributed by atoms with van der Waals surface area (Å²) in [5.74, 6) is -0.409. The Hall–Kier alpha value is -1.79. The molecule has 1 spiro atoms. The van der Waals surface area contributed by atoms with E-state index in [4.69, 9.17) is 28.4 Å². The van der Waals surface area contributed by atoms with Crippen molar-refractivity contribution in [2.45, 2.75) is 74.3 Å². The summed E-state index contributed by atoms with van der Waals surface area (Å²) in [6.45, 7) is 3.55. The van der Waals surface area contributed by atoms with Crippen molar-refractivity contribution in [2.75, 3.05) is 55.2 Å². The lowest BCUT2D eigenvalue weighted by molar-refractivity contribution is -0.320. The molecule has 0 amide bonds. The number of aliphatic hydroxyl groups is 2. The molecular formula is C33H47NO9. The minimum atomic E-state index is -1.62. The lowest BCUT2D eigenvalue weighted by atomic mass is 9.42. The SMILES string of the molecule is CCN1C[C@]2(COC(=O)c3ccccc3OC)CC[C@H](OC)[C@]34C1[C@](O)([C@@H](OC)[C@H]23)[C@@]1(O)C[C@H](OC)[C@H]2C[C@@H]4[C@@H]1[C@H]2OC. The second-order valence-electron chi connectivity index (χ2n) is 14.0. The van der Waals surface area contributed by atoms with E-state index in [0.717, 1.165) is 19.3 Å². The predicted molar refractivity (Wildman–Crippen MR) is 155 cm³/mol. The number of hydrogen-bond donors (Lipinski definition) is 2. The number of ether oxygens (including phenoxy) is 6. The van der Waals surface area contributed by atoms with Crippen LogP contribution in [0, 0.1) is 34.5 Å². The Kier molecular flexibility index (Phi) is 7.03. The summed E-state index contributed by atoms with van der Waals surface area (Å²) in [5.41, 5.74) is -3.83. The molecule has 13 atom stereocenters. The van der Waals surface area contributed by atoms with Gasteiger partial charge in [0.25, 0.3) is 0 Å². The monoisotopic (exact) mass is 601 g/mol. The smallest absolute Gasteiger partial charge is 0.341 e. The number of carbonyl (C=O) groups excluding carboxylic acids is 1. The molecule has 1 unspecified atom stereocenters. The van der Waals surface area contributed by atoms with E-state index in [0.29, 0.717) is 30.8 Å². The number of hydrogen-bond acceptors (Lipinski definition) is 10. The van der Waals surface area contributed by atoms with E-state index < -0.39 is 40.1 Å². The molecule has 1 saturated heterocycles. The highest BCUT2D eigenvalue weighted by molar-refractivity contribution is 5.92. The average molecular weight is 602 g/mol. The Labute approximate surface area is 253 Å². The number of benzene rings is 1. The van der Waals surface area contributed by atoms with Gasteiger partial charge in [0, 0.05) is 70.0 Å². The van der Waals surface area contributed by atoms with Crippen LogP contribution in [0.25, 0.3) is 0 Å². The van der Waals surface area contributed by atoms with Crippen LogP contribution in [0.2, 0.25) is 0 Å². The summed E-state index contributed by atoms with van der Waals surface area (Å²) in [6.07, 6.45) is 1.23. The normalized spacial score (nSPS) is 49.2. The highest BCUT2D eigenvalue weighted by Gasteiger charge is 2.91. The third-order valence-corrected chi connectivity index (χ3v) is 13.1. The van der Waals surface area contributed by atoms with Crippen LogP contribution >= 0.6 is 0 Å². The maximum atomic E-state index is 13.5. The number of likely N-dealkylation sites (tertiary alicyclic amines) is 1. The van der Waals surface area contributed by atoms with Crippen molar-refractivity contribution >= 4 is 5.97 Å². The lowest BCUT2D eigenvalue weighted by Crippen LogP contribution is -2.82. The first kappa shape index (κ1) is 29.9. The van der Waals surface area contributed by atoms with Gasteiger partial charge in [-0.05, 0) is 43.9 Å². The number of fused-ring (bicyclic) bond motifs is 2. The Morgan fingerprint density at radius 3 is 2.47 bits per heavy atom. The van der Waals surface area contributed by atoms with E-state index in [-0.39, 0.29) is 48.6 Å². The molecule has 6 fully saturated rings. The van der Waals surface area contributed by atoms with Crippen LogP contribution in [0.15, 0.2) is 24.3 Å². The number of esters is 1. The molecule has 1 aromatic carbocycles. The predicted octanol–water partition coefficient (Wildman–Crippen LogP) is 2.14. The first-order valence-electron chi connectivity index (χ1n) is 15.8. The van der Waals surface area contributed by atoms with Crippen LogP contribution in [0.3, 0.4) is 0 Å². The first-order chi connectivity index (χ1) is 20.7. The summed E-state index contributed by atoms with van der Waals surface area (Å²) in [5, 5.41) is 26.4.